The number of sulfone groups is 1. The van der Waals surface area contributed by atoms with Crippen LogP contribution in [0.15, 0.2) is 59.0 Å². The van der Waals surface area contributed by atoms with Crippen LogP contribution in [0.3, 0.4) is 0 Å². The third-order valence-electron chi connectivity index (χ3n) is 7.67. The minimum atomic E-state index is -5.11. The molecule has 3 aromatic heterocycles. The molecular formula is C30H27F5N6O4S. The number of amides is 1. The van der Waals surface area contributed by atoms with Gasteiger partial charge in [0.25, 0.3) is 0 Å². The van der Waals surface area contributed by atoms with E-state index in [2.05, 4.69) is 21.5 Å². The number of nitrogens with zero attached hydrogens (tertiary/aromatic N) is 6. The van der Waals surface area contributed by atoms with Crippen LogP contribution in [0.2, 0.25) is 0 Å². The van der Waals surface area contributed by atoms with E-state index in [0.29, 0.717) is 12.1 Å². The van der Waals surface area contributed by atoms with Crippen molar-refractivity contribution in [3.05, 3.63) is 82.4 Å². The minimum absolute atomic E-state index is 0.119. The summed E-state index contributed by atoms with van der Waals surface area (Å²) in [6, 6.07) is 3.23. The monoisotopic (exact) mass is 662 g/mol. The second-order valence-corrected chi connectivity index (χ2v) is 12.9. The Balaban J connectivity index is 1.91. The van der Waals surface area contributed by atoms with Crippen LogP contribution in [0.1, 0.15) is 25.0 Å². The average molecular weight is 663 g/mol. The molecule has 1 aromatic carbocycles. The molecule has 1 aliphatic heterocycles. The van der Waals surface area contributed by atoms with Crippen molar-refractivity contribution in [3.8, 4) is 16.9 Å². The maximum Gasteiger partial charge on any atom is 0.417 e. The van der Waals surface area contributed by atoms with E-state index >= 15 is 8.78 Å². The highest BCUT2D eigenvalue weighted by atomic mass is 32.2. The van der Waals surface area contributed by atoms with E-state index in [1.807, 2.05) is 0 Å². The highest BCUT2D eigenvalue weighted by Gasteiger charge is 2.38. The Kier molecular flexibility index (Phi) is 8.21. The Morgan fingerprint density at radius 3 is 2.30 bits per heavy atom. The number of anilines is 1. The molecular weight excluding hydrogens is 635 g/mol. The van der Waals surface area contributed by atoms with Crippen molar-refractivity contribution in [1.29, 1.82) is 0 Å². The van der Waals surface area contributed by atoms with Gasteiger partial charge in [-0.05, 0) is 56.7 Å². The highest BCUT2D eigenvalue weighted by molar-refractivity contribution is 7.90. The predicted octanol–water partition coefficient (Wildman–Crippen LogP) is 4.46. The number of carbonyl (C=O) groups is 1. The number of aromatic nitrogens is 4. The average Bonchev–Trinajstić information content (AvgIpc) is 2.95. The first-order valence-corrected chi connectivity index (χ1v) is 15.7. The van der Waals surface area contributed by atoms with Gasteiger partial charge in [-0.1, -0.05) is 12.6 Å². The van der Waals surface area contributed by atoms with Crippen molar-refractivity contribution in [3.63, 3.8) is 0 Å². The summed E-state index contributed by atoms with van der Waals surface area (Å²) < 4.78 is 99.4. The first-order valence-electron chi connectivity index (χ1n) is 13.8. The van der Waals surface area contributed by atoms with E-state index in [1.165, 1.54) is 24.1 Å². The van der Waals surface area contributed by atoms with Crippen LogP contribution in [0.5, 0.6) is 0 Å². The summed E-state index contributed by atoms with van der Waals surface area (Å²) in [6.07, 6.45) is -1.93. The quantitative estimate of drug-likeness (QED) is 0.227. The standard InChI is InChI=1S/C30H27F5N6O4S/c1-6-22(42)39-13-16(3)40(17(4)14-39)27-18-12-21(32)24(23-19(30(33,34)35)8-7-9-20(23)31)37-26(18)41(29(43)38-27)25-15(2)10-11-36-28(25)46(5,44)45/h6-12,16-17H,1,13-14H2,2-5H3/t16-,17+. The zero-order valence-corrected chi connectivity index (χ0v) is 25.7. The van der Waals surface area contributed by atoms with E-state index in [9.17, 15) is 31.2 Å². The van der Waals surface area contributed by atoms with Gasteiger partial charge in [-0.2, -0.15) is 18.2 Å². The van der Waals surface area contributed by atoms with Crippen molar-refractivity contribution in [2.24, 2.45) is 0 Å². The molecule has 0 aliphatic carbocycles. The van der Waals surface area contributed by atoms with E-state index < -0.39 is 72.9 Å². The topological polar surface area (TPSA) is 118 Å². The number of piperazine rings is 1. The number of aryl methyl sites for hydroxylation is 1. The number of benzene rings is 1. The van der Waals surface area contributed by atoms with Gasteiger partial charge < -0.3 is 9.80 Å². The van der Waals surface area contributed by atoms with E-state index in [4.69, 9.17) is 0 Å². The Morgan fingerprint density at radius 1 is 1.07 bits per heavy atom. The van der Waals surface area contributed by atoms with Crippen LogP contribution in [0, 0.1) is 18.6 Å². The molecule has 1 saturated heterocycles. The Morgan fingerprint density at radius 2 is 1.72 bits per heavy atom. The normalized spacial score (nSPS) is 17.4. The lowest BCUT2D eigenvalue weighted by Crippen LogP contribution is -2.58. The van der Waals surface area contributed by atoms with Gasteiger partial charge in [0, 0.05) is 37.6 Å². The highest BCUT2D eigenvalue weighted by Crippen LogP contribution is 2.40. The lowest BCUT2D eigenvalue weighted by molar-refractivity contribution is -0.137. The number of pyridine rings is 2. The summed E-state index contributed by atoms with van der Waals surface area (Å²) in [5.41, 5.74) is -5.49. The van der Waals surface area contributed by atoms with E-state index in [-0.39, 0.29) is 41.5 Å². The summed E-state index contributed by atoms with van der Waals surface area (Å²) >= 11 is 0. The zero-order valence-electron chi connectivity index (χ0n) is 24.9. The summed E-state index contributed by atoms with van der Waals surface area (Å²) in [5.74, 6) is -3.24. The van der Waals surface area contributed by atoms with Crippen molar-refractivity contribution < 1.29 is 35.2 Å². The van der Waals surface area contributed by atoms with Gasteiger partial charge in [0.15, 0.2) is 26.3 Å². The van der Waals surface area contributed by atoms with Crippen LogP contribution in [0.4, 0.5) is 27.8 Å². The number of fused-ring (bicyclic) bond motifs is 1. The summed E-state index contributed by atoms with van der Waals surface area (Å²) in [6.45, 7) is 8.70. The van der Waals surface area contributed by atoms with Gasteiger partial charge in [0.05, 0.1) is 22.2 Å². The molecule has 16 heteroatoms. The summed E-state index contributed by atoms with van der Waals surface area (Å²) in [7, 11) is -4.12. The number of rotatable bonds is 5. The number of carbonyl (C=O) groups excluding carboxylic acids is 1. The van der Waals surface area contributed by atoms with Crippen molar-refractivity contribution in [2.75, 3.05) is 24.2 Å². The van der Waals surface area contributed by atoms with Gasteiger partial charge in [0.1, 0.15) is 17.3 Å². The second kappa shape index (κ2) is 11.6. The molecule has 46 heavy (non-hydrogen) atoms. The third kappa shape index (κ3) is 5.61. The van der Waals surface area contributed by atoms with Gasteiger partial charge in [0.2, 0.25) is 5.91 Å². The van der Waals surface area contributed by atoms with Crippen LogP contribution in [-0.2, 0) is 20.8 Å². The molecule has 0 N–H and O–H groups in total. The number of hydrogen-bond donors (Lipinski definition) is 0. The smallest absolute Gasteiger partial charge is 0.347 e. The molecule has 242 valence electrons. The maximum atomic E-state index is 16.0. The van der Waals surface area contributed by atoms with E-state index in [1.54, 1.807) is 18.7 Å². The van der Waals surface area contributed by atoms with Crippen LogP contribution in [0.25, 0.3) is 28.0 Å². The van der Waals surface area contributed by atoms with Gasteiger partial charge in [-0.25, -0.2) is 36.5 Å². The molecule has 1 aliphatic rings. The van der Waals surface area contributed by atoms with E-state index in [0.717, 1.165) is 29.0 Å². The Hall–Kier alpha value is -4.73. The van der Waals surface area contributed by atoms with Crippen molar-refractivity contribution in [1.82, 2.24) is 24.4 Å². The van der Waals surface area contributed by atoms with Crippen LogP contribution >= 0.6 is 0 Å². The minimum Gasteiger partial charge on any atom is -0.347 e. The lowest BCUT2D eigenvalue weighted by atomic mass is 10.0. The fraction of sp³-hybridized carbons (Fsp3) is 0.300. The van der Waals surface area contributed by atoms with Gasteiger partial charge >= 0.3 is 11.9 Å². The number of alkyl halides is 3. The summed E-state index contributed by atoms with van der Waals surface area (Å²) in [5, 5.41) is -0.756. The molecule has 0 radical (unpaired) electrons. The molecule has 4 aromatic rings. The lowest BCUT2D eigenvalue weighted by Gasteiger charge is -2.45. The molecule has 2 atom stereocenters. The van der Waals surface area contributed by atoms with Crippen molar-refractivity contribution >= 4 is 32.6 Å². The molecule has 0 saturated carbocycles. The van der Waals surface area contributed by atoms with Crippen molar-refractivity contribution in [2.45, 2.75) is 44.1 Å². The molecule has 1 fully saturated rings. The zero-order chi connectivity index (χ0) is 33.9. The fourth-order valence-electron chi connectivity index (χ4n) is 5.80. The number of halogens is 5. The Bertz CT molecular complexity index is 2070. The predicted molar refractivity (Wildman–Crippen MR) is 159 cm³/mol. The molecule has 0 spiro atoms. The van der Waals surface area contributed by atoms with Crippen LogP contribution < -0.4 is 10.6 Å². The van der Waals surface area contributed by atoms with Crippen LogP contribution in [-0.4, -0.2) is 70.2 Å². The molecule has 0 bridgehead atoms. The number of hydrogen-bond acceptors (Lipinski definition) is 8. The summed E-state index contributed by atoms with van der Waals surface area (Å²) in [4.78, 5) is 41.7. The Labute approximate surface area is 259 Å². The third-order valence-corrected chi connectivity index (χ3v) is 8.68. The largest absolute Gasteiger partial charge is 0.417 e. The van der Waals surface area contributed by atoms with Gasteiger partial charge in [-0.3, -0.25) is 4.79 Å². The molecule has 5 rings (SSSR count). The fourth-order valence-corrected chi connectivity index (χ4v) is 6.65. The SMILES string of the molecule is C=CC(=O)N1C[C@@H](C)N(c2nc(=O)n(-c3c(C)ccnc3S(C)(=O)=O)c3nc(-c4c(F)cccc4C(F)(F)F)c(F)cc23)[C@@H](C)C1. The first kappa shape index (κ1) is 32.7. The molecule has 4 heterocycles. The maximum absolute atomic E-state index is 16.0. The molecule has 1 amide bonds. The second-order valence-electron chi connectivity index (χ2n) is 11.0. The molecule has 0 unspecified atom stereocenters. The van der Waals surface area contributed by atoms with Gasteiger partial charge in [-0.15, -0.1) is 0 Å². The molecule has 10 nitrogen and oxygen atoms in total. The first-order chi connectivity index (χ1) is 21.4.